The van der Waals surface area contributed by atoms with Gasteiger partial charge < -0.3 is 0 Å². The van der Waals surface area contributed by atoms with Crippen molar-refractivity contribution < 1.29 is 4.39 Å². The van der Waals surface area contributed by atoms with Gasteiger partial charge in [0.15, 0.2) is 0 Å². The van der Waals surface area contributed by atoms with Crippen molar-refractivity contribution >= 4 is 38.7 Å². The summed E-state index contributed by atoms with van der Waals surface area (Å²) in [4.78, 5) is 5.45. The minimum Gasteiger partial charge on any atom is -0.283 e. The number of thiophene rings is 1. The van der Waals surface area contributed by atoms with E-state index in [1.807, 2.05) is 25.1 Å². The maximum Gasteiger partial charge on any atom is 0.119 e. The number of aryl methyl sites for hydroxylation is 1. The van der Waals surface area contributed by atoms with Crippen LogP contribution < -0.4 is 0 Å². The molecule has 112 valence electrons. The lowest BCUT2D eigenvalue weighted by molar-refractivity contribution is 0.640. The second-order valence-electron chi connectivity index (χ2n) is 5.17. The molecule has 0 N–H and O–H groups in total. The van der Waals surface area contributed by atoms with Crippen LogP contribution in [0.15, 0.2) is 59.4 Å². The summed E-state index contributed by atoms with van der Waals surface area (Å²) in [5, 5.41) is 1.73. The third-order valence-corrected chi connectivity index (χ3v) is 5.48. The number of rotatable bonds is 3. The normalized spacial score (nSPS) is 15.1. The van der Waals surface area contributed by atoms with Crippen molar-refractivity contribution in [2.45, 2.75) is 13.3 Å². The third kappa shape index (κ3) is 2.34. The molecule has 1 aromatic heterocycles. The Labute approximate surface area is 138 Å². The van der Waals surface area contributed by atoms with Crippen LogP contribution in [0.5, 0.6) is 0 Å². The van der Waals surface area contributed by atoms with Gasteiger partial charge in [0, 0.05) is 22.2 Å². The van der Waals surface area contributed by atoms with E-state index in [9.17, 15) is 4.39 Å². The van der Waals surface area contributed by atoms with Crippen molar-refractivity contribution in [3.8, 4) is 0 Å². The highest BCUT2D eigenvalue weighted by molar-refractivity contribution is 7.22. The predicted octanol–water partition coefficient (Wildman–Crippen LogP) is 6.02. The Morgan fingerprint density at radius 3 is 2.86 bits per heavy atom. The molecule has 2 aromatic rings. The number of fused-ring (bicyclic) bond motifs is 1. The summed E-state index contributed by atoms with van der Waals surface area (Å²) in [6, 6.07) is 6.08. The van der Waals surface area contributed by atoms with Gasteiger partial charge in [0.2, 0.25) is 0 Å². The van der Waals surface area contributed by atoms with E-state index in [1.165, 1.54) is 0 Å². The van der Waals surface area contributed by atoms with Crippen molar-refractivity contribution in [3.05, 3.63) is 69.9 Å². The first-order valence-electron chi connectivity index (χ1n) is 6.97. The summed E-state index contributed by atoms with van der Waals surface area (Å²) in [5.74, 6) is -0.421. The predicted molar refractivity (Wildman–Crippen MR) is 95.1 cm³/mol. The zero-order valence-electron chi connectivity index (χ0n) is 12.2. The van der Waals surface area contributed by atoms with E-state index in [-0.39, 0.29) is 0 Å². The van der Waals surface area contributed by atoms with Crippen LogP contribution in [0.2, 0.25) is 5.02 Å². The number of dihydropyridines is 1. The highest BCUT2D eigenvalue weighted by Crippen LogP contribution is 2.40. The largest absolute Gasteiger partial charge is 0.283 e. The summed E-state index contributed by atoms with van der Waals surface area (Å²) in [7, 11) is 0. The van der Waals surface area contributed by atoms with Gasteiger partial charge in [-0.15, -0.1) is 11.3 Å². The fourth-order valence-corrected chi connectivity index (χ4v) is 4.47. The van der Waals surface area contributed by atoms with E-state index >= 15 is 0 Å². The van der Waals surface area contributed by atoms with Crippen molar-refractivity contribution in [1.82, 2.24) is 0 Å². The van der Waals surface area contributed by atoms with Gasteiger partial charge >= 0.3 is 0 Å². The van der Waals surface area contributed by atoms with Gasteiger partial charge in [0.05, 0.1) is 15.6 Å². The molecule has 3 rings (SSSR count). The fourth-order valence-electron chi connectivity index (χ4n) is 2.77. The molecule has 1 nitrogen and oxygen atoms in total. The Hall–Kier alpha value is -1.71. The van der Waals surface area contributed by atoms with E-state index in [1.54, 1.807) is 17.4 Å². The molecule has 0 saturated carbocycles. The average Bonchev–Trinajstić information content (AvgIpc) is 2.84. The Morgan fingerprint density at radius 1 is 1.45 bits per heavy atom. The Kier molecular flexibility index (Phi) is 4.02. The first kappa shape index (κ1) is 15.2. The minimum atomic E-state index is -0.421. The third-order valence-electron chi connectivity index (χ3n) is 3.82. The highest BCUT2D eigenvalue weighted by atomic mass is 35.5. The molecule has 0 amide bonds. The molecule has 4 heteroatoms. The highest BCUT2D eigenvalue weighted by Gasteiger charge is 2.23. The lowest BCUT2D eigenvalue weighted by Crippen LogP contribution is -2.12. The Bertz CT molecular complexity index is 857. The molecule has 0 bridgehead atoms. The summed E-state index contributed by atoms with van der Waals surface area (Å²) in [6.45, 7) is 9.81. The number of aliphatic imine (C=N–C) groups is 1. The Morgan fingerprint density at radius 2 is 2.23 bits per heavy atom. The van der Waals surface area contributed by atoms with E-state index < -0.39 is 5.83 Å². The van der Waals surface area contributed by atoms with Gasteiger partial charge in [0.1, 0.15) is 5.83 Å². The number of allylic oxidation sites excluding steroid dienone is 3. The molecule has 1 aliphatic heterocycles. The van der Waals surface area contributed by atoms with Crippen LogP contribution in [0.4, 0.5) is 4.39 Å². The number of hydrogen-bond donors (Lipinski definition) is 0. The molecule has 1 aromatic carbocycles. The second-order valence-corrected chi connectivity index (χ2v) is 6.60. The van der Waals surface area contributed by atoms with E-state index in [0.29, 0.717) is 29.1 Å². The first-order chi connectivity index (χ1) is 10.5. The van der Waals surface area contributed by atoms with Gasteiger partial charge in [0.25, 0.3) is 0 Å². The fraction of sp³-hybridized carbons (Fsp3) is 0.167. The minimum absolute atomic E-state index is 0.421. The maximum atomic E-state index is 13.7. The van der Waals surface area contributed by atoms with E-state index in [0.717, 1.165) is 26.2 Å². The molecule has 0 atom stereocenters. The molecule has 2 heterocycles. The molecule has 0 spiro atoms. The van der Waals surface area contributed by atoms with Gasteiger partial charge in [-0.3, -0.25) is 4.99 Å². The Balaban J connectivity index is 2.25. The molecule has 0 fully saturated rings. The molecular formula is C18H15ClFNS. The lowest BCUT2D eigenvalue weighted by atomic mass is 9.96. The van der Waals surface area contributed by atoms with E-state index in [4.69, 9.17) is 11.6 Å². The number of nitrogens with zero attached hydrogens (tertiary/aromatic N) is 1. The van der Waals surface area contributed by atoms with Crippen LogP contribution >= 0.6 is 22.9 Å². The van der Waals surface area contributed by atoms with Crippen LogP contribution in [0.3, 0.4) is 0 Å². The average molecular weight is 332 g/mol. The van der Waals surface area contributed by atoms with Crippen molar-refractivity contribution in [1.29, 1.82) is 0 Å². The lowest BCUT2D eigenvalue weighted by Gasteiger charge is -2.17. The topological polar surface area (TPSA) is 12.4 Å². The molecule has 0 aliphatic carbocycles. The number of hydrogen-bond acceptors (Lipinski definition) is 2. The molecule has 0 radical (unpaired) electrons. The summed E-state index contributed by atoms with van der Waals surface area (Å²) in [6.07, 6.45) is 2.19. The molecule has 0 saturated heterocycles. The first-order valence-corrected chi connectivity index (χ1v) is 8.17. The standard InChI is InChI=1S/C18H15ClFNS/c1-4-12-13(11(3)20)8-9-21-17(12)18-16(19)15-10(2)6-5-7-14(15)22-18/h4-7H,1,3,8-9H2,2H3. The van der Waals surface area contributed by atoms with Gasteiger partial charge in [-0.05, 0) is 30.5 Å². The number of halogens is 2. The maximum absolute atomic E-state index is 13.7. The quantitative estimate of drug-likeness (QED) is 0.652. The van der Waals surface area contributed by atoms with Crippen LogP contribution in [0.1, 0.15) is 16.9 Å². The summed E-state index contributed by atoms with van der Waals surface area (Å²) in [5.41, 5.74) is 3.12. The van der Waals surface area contributed by atoms with Crippen molar-refractivity contribution in [3.63, 3.8) is 0 Å². The van der Waals surface area contributed by atoms with Crippen LogP contribution in [0.25, 0.3) is 10.1 Å². The van der Waals surface area contributed by atoms with Crippen molar-refractivity contribution in [2.24, 2.45) is 4.99 Å². The summed E-state index contributed by atoms with van der Waals surface area (Å²) >= 11 is 8.18. The number of benzene rings is 1. The molecule has 1 aliphatic rings. The van der Waals surface area contributed by atoms with Gasteiger partial charge in [-0.25, -0.2) is 4.39 Å². The van der Waals surface area contributed by atoms with Crippen LogP contribution in [0, 0.1) is 6.92 Å². The van der Waals surface area contributed by atoms with Gasteiger partial charge in [-0.1, -0.05) is 43.0 Å². The zero-order chi connectivity index (χ0) is 15.9. The molecule has 22 heavy (non-hydrogen) atoms. The molecule has 0 unspecified atom stereocenters. The smallest absolute Gasteiger partial charge is 0.119 e. The zero-order valence-corrected chi connectivity index (χ0v) is 13.8. The second kappa shape index (κ2) is 5.82. The van der Waals surface area contributed by atoms with Crippen LogP contribution in [-0.2, 0) is 0 Å². The van der Waals surface area contributed by atoms with Crippen LogP contribution in [-0.4, -0.2) is 12.3 Å². The molecular weight excluding hydrogens is 317 g/mol. The SMILES string of the molecule is C=CC1=C(C(=C)F)CCN=C1c1sc2cccc(C)c2c1Cl. The summed E-state index contributed by atoms with van der Waals surface area (Å²) < 4.78 is 14.8. The van der Waals surface area contributed by atoms with Gasteiger partial charge in [-0.2, -0.15) is 0 Å². The van der Waals surface area contributed by atoms with Crippen molar-refractivity contribution in [2.75, 3.05) is 6.54 Å². The monoisotopic (exact) mass is 331 g/mol. The van der Waals surface area contributed by atoms with E-state index in [2.05, 4.69) is 18.2 Å².